The molecule has 1 rings (SSSR count). The van der Waals surface area contributed by atoms with E-state index in [4.69, 9.17) is 4.74 Å². The highest BCUT2D eigenvalue weighted by Crippen LogP contribution is 2.13. The lowest BCUT2D eigenvalue weighted by Gasteiger charge is -2.30. The van der Waals surface area contributed by atoms with E-state index in [1.54, 1.807) is 12.4 Å². The van der Waals surface area contributed by atoms with Gasteiger partial charge >= 0.3 is 6.09 Å². The van der Waals surface area contributed by atoms with Gasteiger partial charge in [0.25, 0.3) is 0 Å². The number of alkyl carbamates (subject to hydrolysis) is 1. The summed E-state index contributed by atoms with van der Waals surface area (Å²) in [6, 6.07) is 0.0495. The average molecular weight is 308 g/mol. The fourth-order valence-corrected chi connectivity index (χ4v) is 1.97. The normalized spacial score (nSPS) is 13.6. The SMILES string of the molecule is Cc1nccnc1C(C)NCC(C)(C)NC(=O)OC(C)(C)C. The third-order valence-corrected chi connectivity index (χ3v) is 3.02. The van der Waals surface area contributed by atoms with E-state index in [2.05, 4.69) is 20.6 Å². The van der Waals surface area contributed by atoms with Crippen molar-refractivity contribution >= 4 is 6.09 Å². The van der Waals surface area contributed by atoms with Gasteiger partial charge in [0, 0.05) is 25.0 Å². The van der Waals surface area contributed by atoms with Crippen molar-refractivity contribution in [3.8, 4) is 0 Å². The smallest absolute Gasteiger partial charge is 0.408 e. The molecule has 0 aliphatic carbocycles. The second-order valence-corrected chi connectivity index (χ2v) is 7.14. The fraction of sp³-hybridized carbons (Fsp3) is 0.688. The maximum Gasteiger partial charge on any atom is 0.408 e. The minimum atomic E-state index is -0.502. The van der Waals surface area contributed by atoms with Gasteiger partial charge in [-0.25, -0.2) is 4.79 Å². The molecular weight excluding hydrogens is 280 g/mol. The van der Waals surface area contributed by atoms with E-state index < -0.39 is 17.2 Å². The van der Waals surface area contributed by atoms with Crippen LogP contribution in [0.2, 0.25) is 0 Å². The summed E-state index contributed by atoms with van der Waals surface area (Å²) >= 11 is 0. The summed E-state index contributed by atoms with van der Waals surface area (Å²) in [5.74, 6) is 0. The highest BCUT2D eigenvalue weighted by atomic mass is 16.6. The summed E-state index contributed by atoms with van der Waals surface area (Å²) in [6.07, 6.45) is 2.95. The lowest BCUT2D eigenvalue weighted by molar-refractivity contribution is 0.0471. The van der Waals surface area contributed by atoms with Gasteiger partial charge in [-0.15, -0.1) is 0 Å². The second-order valence-electron chi connectivity index (χ2n) is 7.14. The first-order valence-electron chi connectivity index (χ1n) is 7.52. The van der Waals surface area contributed by atoms with Crippen LogP contribution in [0.4, 0.5) is 4.79 Å². The summed E-state index contributed by atoms with van der Waals surface area (Å²) < 4.78 is 5.28. The molecule has 0 bridgehead atoms. The van der Waals surface area contributed by atoms with E-state index in [1.807, 2.05) is 48.5 Å². The Labute approximate surface area is 133 Å². The molecule has 0 spiro atoms. The van der Waals surface area contributed by atoms with Gasteiger partial charge in [0.2, 0.25) is 0 Å². The van der Waals surface area contributed by atoms with E-state index in [1.165, 1.54) is 0 Å². The molecule has 1 unspecified atom stereocenters. The fourth-order valence-electron chi connectivity index (χ4n) is 1.97. The molecule has 0 saturated heterocycles. The molecule has 124 valence electrons. The number of carbonyl (C=O) groups excluding carboxylic acids is 1. The summed E-state index contributed by atoms with van der Waals surface area (Å²) in [7, 11) is 0. The molecule has 0 aromatic carbocycles. The standard InChI is InChI=1S/C16H28N4O2/c1-11-13(18-9-8-17-11)12(2)19-10-16(6,7)20-14(21)22-15(3,4)5/h8-9,12,19H,10H2,1-7H3,(H,20,21). The van der Waals surface area contributed by atoms with E-state index >= 15 is 0 Å². The molecular formula is C16H28N4O2. The molecule has 1 heterocycles. The monoisotopic (exact) mass is 308 g/mol. The number of amides is 1. The van der Waals surface area contributed by atoms with Gasteiger partial charge in [-0.3, -0.25) is 9.97 Å². The minimum Gasteiger partial charge on any atom is -0.444 e. The molecule has 2 N–H and O–H groups in total. The molecule has 0 fully saturated rings. The number of rotatable bonds is 5. The van der Waals surface area contributed by atoms with E-state index in [0.717, 1.165) is 11.4 Å². The zero-order valence-corrected chi connectivity index (χ0v) is 14.7. The van der Waals surface area contributed by atoms with Crippen LogP contribution < -0.4 is 10.6 Å². The number of ether oxygens (including phenoxy) is 1. The number of hydrogen-bond donors (Lipinski definition) is 2. The van der Waals surface area contributed by atoms with Crippen molar-refractivity contribution in [2.45, 2.75) is 65.6 Å². The highest BCUT2D eigenvalue weighted by molar-refractivity contribution is 5.68. The quantitative estimate of drug-likeness (QED) is 0.874. The molecule has 0 aliphatic rings. The van der Waals surface area contributed by atoms with Gasteiger partial charge in [-0.1, -0.05) is 0 Å². The Balaban J connectivity index is 2.55. The molecule has 1 aromatic heterocycles. The predicted octanol–water partition coefficient (Wildman–Crippen LogP) is 2.74. The van der Waals surface area contributed by atoms with Gasteiger partial charge in [-0.05, 0) is 48.5 Å². The number of aromatic nitrogens is 2. The Morgan fingerprint density at radius 2 is 1.82 bits per heavy atom. The summed E-state index contributed by atoms with van der Waals surface area (Å²) in [5.41, 5.74) is 0.876. The minimum absolute atomic E-state index is 0.0495. The highest BCUT2D eigenvalue weighted by Gasteiger charge is 2.25. The zero-order chi connectivity index (χ0) is 17.0. The molecule has 22 heavy (non-hydrogen) atoms. The molecule has 1 amide bonds. The van der Waals surface area contributed by atoms with Crippen LogP contribution in [-0.4, -0.2) is 33.7 Å². The molecule has 0 saturated carbocycles. The Morgan fingerprint density at radius 1 is 1.23 bits per heavy atom. The summed E-state index contributed by atoms with van der Waals surface area (Å²) in [5, 5.41) is 6.25. The van der Waals surface area contributed by atoms with Crippen molar-refractivity contribution in [2.24, 2.45) is 0 Å². The molecule has 0 radical (unpaired) electrons. The van der Waals surface area contributed by atoms with Crippen LogP contribution >= 0.6 is 0 Å². The molecule has 6 heteroatoms. The van der Waals surface area contributed by atoms with Crippen LogP contribution in [-0.2, 0) is 4.74 Å². The van der Waals surface area contributed by atoms with Gasteiger partial charge in [0.05, 0.1) is 16.9 Å². The van der Waals surface area contributed by atoms with Crippen LogP contribution in [0.15, 0.2) is 12.4 Å². The average Bonchev–Trinajstić information content (AvgIpc) is 2.33. The number of hydrogen-bond acceptors (Lipinski definition) is 5. The molecule has 6 nitrogen and oxygen atoms in total. The summed E-state index contributed by atoms with van der Waals surface area (Å²) in [4.78, 5) is 20.5. The van der Waals surface area contributed by atoms with Crippen molar-refractivity contribution in [3.63, 3.8) is 0 Å². The van der Waals surface area contributed by atoms with Crippen molar-refractivity contribution in [1.82, 2.24) is 20.6 Å². The topological polar surface area (TPSA) is 76.1 Å². The Morgan fingerprint density at radius 3 is 2.36 bits per heavy atom. The first-order chi connectivity index (χ1) is 10.0. The van der Waals surface area contributed by atoms with Crippen molar-refractivity contribution < 1.29 is 9.53 Å². The number of carbonyl (C=O) groups is 1. The first-order valence-corrected chi connectivity index (χ1v) is 7.52. The van der Waals surface area contributed by atoms with Crippen LogP contribution in [0.1, 0.15) is 59.0 Å². The third-order valence-electron chi connectivity index (χ3n) is 3.02. The lowest BCUT2D eigenvalue weighted by atomic mass is 10.0. The van der Waals surface area contributed by atoms with Gasteiger partial charge in [0.15, 0.2) is 0 Å². The Hall–Kier alpha value is -1.69. The zero-order valence-electron chi connectivity index (χ0n) is 14.7. The Bertz CT molecular complexity index is 509. The van der Waals surface area contributed by atoms with Crippen molar-refractivity contribution in [3.05, 3.63) is 23.8 Å². The number of aryl methyl sites for hydroxylation is 1. The van der Waals surface area contributed by atoms with E-state index in [9.17, 15) is 4.79 Å². The molecule has 0 aliphatic heterocycles. The largest absolute Gasteiger partial charge is 0.444 e. The van der Waals surface area contributed by atoms with Crippen LogP contribution in [0.25, 0.3) is 0 Å². The maximum atomic E-state index is 11.9. The number of nitrogens with zero attached hydrogens (tertiary/aromatic N) is 2. The third kappa shape index (κ3) is 6.39. The van der Waals surface area contributed by atoms with Gasteiger partial charge in [0.1, 0.15) is 5.60 Å². The number of nitrogens with one attached hydrogen (secondary N) is 2. The van der Waals surface area contributed by atoms with Crippen molar-refractivity contribution in [2.75, 3.05) is 6.54 Å². The van der Waals surface area contributed by atoms with Crippen LogP contribution in [0, 0.1) is 6.92 Å². The van der Waals surface area contributed by atoms with Crippen LogP contribution in [0.3, 0.4) is 0 Å². The summed E-state index contributed by atoms with van der Waals surface area (Å²) in [6.45, 7) is 14.0. The molecule has 1 atom stereocenters. The van der Waals surface area contributed by atoms with Gasteiger partial charge in [-0.2, -0.15) is 0 Å². The maximum absolute atomic E-state index is 11.9. The predicted molar refractivity (Wildman–Crippen MR) is 86.6 cm³/mol. The second kappa shape index (κ2) is 7.05. The van der Waals surface area contributed by atoms with Crippen molar-refractivity contribution in [1.29, 1.82) is 0 Å². The van der Waals surface area contributed by atoms with Crippen LogP contribution in [0.5, 0.6) is 0 Å². The molecule has 1 aromatic rings. The van der Waals surface area contributed by atoms with E-state index in [0.29, 0.717) is 6.54 Å². The lowest BCUT2D eigenvalue weighted by Crippen LogP contribution is -2.52. The van der Waals surface area contributed by atoms with E-state index in [-0.39, 0.29) is 6.04 Å². The first kappa shape index (κ1) is 18.4. The Kier molecular flexibility index (Phi) is 5.88. The van der Waals surface area contributed by atoms with Gasteiger partial charge < -0.3 is 15.4 Å².